The number of anilines is 1. The highest BCUT2D eigenvalue weighted by molar-refractivity contribution is 5.92. The van der Waals surface area contributed by atoms with Gasteiger partial charge in [-0.05, 0) is 50.4 Å². The van der Waals surface area contributed by atoms with Crippen molar-refractivity contribution < 1.29 is 13.6 Å². The van der Waals surface area contributed by atoms with E-state index in [-0.39, 0.29) is 18.1 Å². The number of halogens is 2. The van der Waals surface area contributed by atoms with Gasteiger partial charge in [0.15, 0.2) is 0 Å². The van der Waals surface area contributed by atoms with Crippen LogP contribution in [0.2, 0.25) is 0 Å². The summed E-state index contributed by atoms with van der Waals surface area (Å²) in [5.41, 5.74) is 5.45. The van der Waals surface area contributed by atoms with E-state index in [2.05, 4.69) is 5.32 Å². The zero-order valence-electron chi connectivity index (χ0n) is 11.9. The van der Waals surface area contributed by atoms with Crippen molar-refractivity contribution in [3.8, 4) is 0 Å². The van der Waals surface area contributed by atoms with Gasteiger partial charge in [0, 0.05) is 12.6 Å². The van der Waals surface area contributed by atoms with Crippen LogP contribution in [0.4, 0.5) is 14.5 Å². The molecule has 2 rings (SSSR count). The third-order valence-corrected chi connectivity index (χ3v) is 3.75. The maximum Gasteiger partial charge on any atom is 0.238 e. The van der Waals surface area contributed by atoms with Crippen molar-refractivity contribution in [3.05, 3.63) is 29.8 Å². The molecule has 116 valence electrons. The number of likely N-dealkylation sites (tertiary alicyclic amines) is 1. The number of benzene rings is 1. The molecular formula is C15H21F2N3O. The van der Waals surface area contributed by atoms with E-state index in [0.717, 1.165) is 50.6 Å². The van der Waals surface area contributed by atoms with E-state index < -0.39 is 11.6 Å². The van der Waals surface area contributed by atoms with E-state index in [0.29, 0.717) is 12.5 Å². The Hall–Kier alpha value is -1.53. The summed E-state index contributed by atoms with van der Waals surface area (Å²) in [4.78, 5) is 14.0. The number of rotatable bonds is 5. The van der Waals surface area contributed by atoms with Gasteiger partial charge in [-0.25, -0.2) is 8.78 Å². The first kappa shape index (κ1) is 15.9. The van der Waals surface area contributed by atoms with Crippen LogP contribution < -0.4 is 11.1 Å². The molecular weight excluding hydrogens is 276 g/mol. The second kappa shape index (κ2) is 7.47. The van der Waals surface area contributed by atoms with Gasteiger partial charge in [0.05, 0.1) is 12.2 Å². The molecule has 0 aromatic heterocycles. The Balaban J connectivity index is 1.88. The van der Waals surface area contributed by atoms with E-state index >= 15 is 0 Å². The molecule has 1 aliphatic heterocycles. The smallest absolute Gasteiger partial charge is 0.238 e. The van der Waals surface area contributed by atoms with Crippen LogP contribution in [-0.2, 0) is 4.79 Å². The summed E-state index contributed by atoms with van der Waals surface area (Å²) in [5, 5.41) is 2.42. The summed E-state index contributed by atoms with van der Waals surface area (Å²) >= 11 is 0. The molecule has 1 aliphatic rings. The first-order chi connectivity index (χ1) is 10.1. The lowest BCUT2D eigenvalue weighted by molar-refractivity contribution is -0.117. The van der Waals surface area contributed by atoms with Crippen molar-refractivity contribution in [3.63, 3.8) is 0 Å². The molecule has 1 saturated heterocycles. The number of hydrogen-bond acceptors (Lipinski definition) is 3. The van der Waals surface area contributed by atoms with Crippen LogP contribution in [0, 0.1) is 17.6 Å². The Morgan fingerprint density at radius 3 is 3.00 bits per heavy atom. The lowest BCUT2D eigenvalue weighted by Crippen LogP contribution is -2.41. The minimum absolute atomic E-state index is 0.115. The van der Waals surface area contributed by atoms with Crippen LogP contribution in [0.15, 0.2) is 18.2 Å². The molecule has 1 fully saturated rings. The summed E-state index contributed by atoms with van der Waals surface area (Å²) in [7, 11) is 0. The molecule has 0 aliphatic carbocycles. The molecule has 1 amide bonds. The number of amides is 1. The van der Waals surface area contributed by atoms with Crippen molar-refractivity contribution in [2.45, 2.75) is 19.3 Å². The maximum atomic E-state index is 13.5. The van der Waals surface area contributed by atoms with Crippen molar-refractivity contribution in [2.75, 3.05) is 31.5 Å². The molecule has 1 aromatic carbocycles. The molecule has 6 heteroatoms. The lowest BCUT2D eigenvalue weighted by Gasteiger charge is -2.32. The van der Waals surface area contributed by atoms with Crippen LogP contribution >= 0.6 is 0 Å². The SMILES string of the molecule is NCCC1CCCN(CC(=O)Nc2cc(F)ccc2F)C1. The topological polar surface area (TPSA) is 58.4 Å². The van der Waals surface area contributed by atoms with Gasteiger partial charge in [-0.1, -0.05) is 0 Å². The van der Waals surface area contributed by atoms with Crippen molar-refractivity contribution >= 4 is 11.6 Å². The molecule has 1 unspecified atom stereocenters. The fourth-order valence-electron chi connectivity index (χ4n) is 2.75. The number of piperidine rings is 1. The van der Waals surface area contributed by atoms with Gasteiger partial charge in [-0.2, -0.15) is 0 Å². The molecule has 0 spiro atoms. The molecule has 0 radical (unpaired) electrons. The first-order valence-electron chi connectivity index (χ1n) is 7.26. The van der Waals surface area contributed by atoms with Crippen LogP contribution in [-0.4, -0.2) is 37.0 Å². The molecule has 21 heavy (non-hydrogen) atoms. The molecule has 3 N–H and O–H groups in total. The number of hydrogen-bond donors (Lipinski definition) is 2. The van der Waals surface area contributed by atoms with Crippen molar-refractivity contribution in [1.82, 2.24) is 4.90 Å². The number of carbonyl (C=O) groups excluding carboxylic acids is 1. The van der Waals surface area contributed by atoms with Gasteiger partial charge in [0.1, 0.15) is 11.6 Å². The molecule has 1 aromatic rings. The Kier molecular flexibility index (Phi) is 5.64. The maximum absolute atomic E-state index is 13.5. The Morgan fingerprint density at radius 1 is 1.43 bits per heavy atom. The first-order valence-corrected chi connectivity index (χ1v) is 7.26. The summed E-state index contributed by atoms with van der Waals surface area (Å²) in [5.74, 6) is -1.02. The quantitative estimate of drug-likeness (QED) is 0.873. The van der Waals surface area contributed by atoms with E-state index in [1.807, 2.05) is 4.90 Å². The lowest BCUT2D eigenvalue weighted by atomic mass is 9.95. The predicted molar refractivity (Wildman–Crippen MR) is 77.8 cm³/mol. The summed E-state index contributed by atoms with van der Waals surface area (Å²) < 4.78 is 26.5. The number of nitrogens with two attached hydrogens (primary N) is 1. The Bertz CT molecular complexity index is 494. The van der Waals surface area contributed by atoms with Crippen molar-refractivity contribution in [1.29, 1.82) is 0 Å². The minimum atomic E-state index is -0.635. The van der Waals surface area contributed by atoms with Crippen LogP contribution in [0.1, 0.15) is 19.3 Å². The zero-order valence-corrected chi connectivity index (χ0v) is 11.9. The second-order valence-electron chi connectivity index (χ2n) is 5.49. The predicted octanol–water partition coefficient (Wildman–Crippen LogP) is 1.96. The summed E-state index contributed by atoms with van der Waals surface area (Å²) in [6.07, 6.45) is 3.12. The van der Waals surface area contributed by atoms with Crippen LogP contribution in [0.25, 0.3) is 0 Å². The fourth-order valence-corrected chi connectivity index (χ4v) is 2.75. The number of nitrogens with one attached hydrogen (secondary N) is 1. The fraction of sp³-hybridized carbons (Fsp3) is 0.533. The molecule has 1 atom stereocenters. The largest absolute Gasteiger partial charge is 0.330 e. The molecule has 1 heterocycles. The van der Waals surface area contributed by atoms with Crippen LogP contribution in [0.5, 0.6) is 0 Å². The zero-order chi connectivity index (χ0) is 15.2. The highest BCUT2D eigenvalue weighted by Crippen LogP contribution is 2.19. The highest BCUT2D eigenvalue weighted by Gasteiger charge is 2.21. The van der Waals surface area contributed by atoms with Gasteiger partial charge in [-0.15, -0.1) is 0 Å². The highest BCUT2D eigenvalue weighted by atomic mass is 19.1. The molecule has 4 nitrogen and oxygen atoms in total. The van der Waals surface area contributed by atoms with E-state index in [1.54, 1.807) is 0 Å². The van der Waals surface area contributed by atoms with Crippen LogP contribution in [0.3, 0.4) is 0 Å². The Morgan fingerprint density at radius 2 is 2.24 bits per heavy atom. The third-order valence-electron chi connectivity index (χ3n) is 3.75. The van der Waals surface area contributed by atoms with Gasteiger partial charge < -0.3 is 11.1 Å². The van der Waals surface area contributed by atoms with E-state index in [4.69, 9.17) is 5.73 Å². The van der Waals surface area contributed by atoms with E-state index in [1.165, 1.54) is 0 Å². The molecule has 0 saturated carbocycles. The van der Waals surface area contributed by atoms with Gasteiger partial charge in [-0.3, -0.25) is 9.69 Å². The van der Waals surface area contributed by atoms with Crippen molar-refractivity contribution in [2.24, 2.45) is 11.7 Å². The van der Waals surface area contributed by atoms with E-state index in [9.17, 15) is 13.6 Å². The third kappa shape index (κ3) is 4.75. The standard InChI is InChI=1S/C15H21F2N3O/c16-12-3-4-13(17)14(8-12)19-15(21)10-20-7-1-2-11(9-20)5-6-18/h3-4,8,11H,1-2,5-7,9-10,18H2,(H,19,21). The van der Waals surface area contributed by atoms with Gasteiger partial charge >= 0.3 is 0 Å². The summed E-state index contributed by atoms with van der Waals surface area (Å²) in [6, 6.07) is 3.01. The number of nitrogens with zero attached hydrogens (tertiary/aromatic N) is 1. The minimum Gasteiger partial charge on any atom is -0.330 e. The van der Waals surface area contributed by atoms with Gasteiger partial charge in [0.25, 0.3) is 0 Å². The Labute approximate surface area is 123 Å². The summed E-state index contributed by atoms with van der Waals surface area (Å²) in [6.45, 7) is 2.52. The number of carbonyl (C=O) groups is 1. The van der Waals surface area contributed by atoms with Gasteiger partial charge in [0.2, 0.25) is 5.91 Å². The average Bonchev–Trinajstić information content (AvgIpc) is 2.43. The monoisotopic (exact) mass is 297 g/mol. The normalized spacial score (nSPS) is 19.5. The molecule has 0 bridgehead atoms. The second-order valence-corrected chi connectivity index (χ2v) is 5.49. The average molecular weight is 297 g/mol.